The highest BCUT2D eigenvalue weighted by molar-refractivity contribution is 5.54. The van der Waals surface area contributed by atoms with Crippen molar-refractivity contribution in [3.8, 4) is 17.1 Å². The van der Waals surface area contributed by atoms with Gasteiger partial charge in [-0.1, -0.05) is 0 Å². The molecule has 1 aliphatic heterocycles. The second-order valence-electron chi connectivity index (χ2n) is 6.84. The van der Waals surface area contributed by atoms with Gasteiger partial charge >= 0.3 is 0 Å². The zero-order valence-corrected chi connectivity index (χ0v) is 14.8. The van der Waals surface area contributed by atoms with Crippen molar-refractivity contribution < 1.29 is 13.9 Å². The highest BCUT2D eigenvalue weighted by Crippen LogP contribution is 2.34. The van der Waals surface area contributed by atoms with Crippen molar-refractivity contribution in [2.45, 2.75) is 18.4 Å². The van der Waals surface area contributed by atoms with Crippen LogP contribution in [0.2, 0.25) is 0 Å². The SMILES string of the molecule is CN1CCC(O)(c2nc(-c3ccncc3)nn2-c2ccc(F)c(F)c2)CC1. The molecule has 2 aromatic heterocycles. The maximum absolute atomic E-state index is 13.8. The predicted molar refractivity (Wildman–Crippen MR) is 95.1 cm³/mol. The Hall–Kier alpha value is -2.71. The smallest absolute Gasteiger partial charge is 0.182 e. The lowest BCUT2D eigenvalue weighted by atomic mass is 9.90. The van der Waals surface area contributed by atoms with Crippen LogP contribution in [0.3, 0.4) is 0 Å². The summed E-state index contributed by atoms with van der Waals surface area (Å²) in [5, 5.41) is 15.7. The lowest BCUT2D eigenvalue weighted by Crippen LogP contribution is -2.42. The quantitative estimate of drug-likeness (QED) is 0.766. The van der Waals surface area contributed by atoms with Crippen molar-refractivity contribution in [1.29, 1.82) is 0 Å². The van der Waals surface area contributed by atoms with E-state index < -0.39 is 17.2 Å². The minimum absolute atomic E-state index is 0.309. The van der Waals surface area contributed by atoms with Crippen LogP contribution in [0.4, 0.5) is 8.78 Å². The Balaban J connectivity index is 1.85. The summed E-state index contributed by atoms with van der Waals surface area (Å²) in [4.78, 5) is 10.7. The van der Waals surface area contributed by atoms with E-state index in [0.717, 1.165) is 17.7 Å². The summed E-state index contributed by atoms with van der Waals surface area (Å²) in [5.74, 6) is -1.19. The van der Waals surface area contributed by atoms with Gasteiger partial charge in [-0.3, -0.25) is 4.98 Å². The number of nitrogens with zero attached hydrogens (tertiary/aromatic N) is 5. The van der Waals surface area contributed by atoms with E-state index in [0.29, 0.717) is 43.3 Å². The molecule has 0 spiro atoms. The molecule has 0 bridgehead atoms. The number of rotatable bonds is 3. The third-order valence-electron chi connectivity index (χ3n) is 4.92. The van der Waals surface area contributed by atoms with Gasteiger partial charge in [0.1, 0.15) is 5.60 Å². The number of aliphatic hydroxyl groups is 1. The van der Waals surface area contributed by atoms with E-state index in [4.69, 9.17) is 0 Å². The number of hydrogen-bond acceptors (Lipinski definition) is 5. The fourth-order valence-corrected chi connectivity index (χ4v) is 3.25. The maximum atomic E-state index is 13.8. The summed E-state index contributed by atoms with van der Waals surface area (Å²) in [6.45, 7) is 1.40. The first-order valence-corrected chi connectivity index (χ1v) is 8.70. The van der Waals surface area contributed by atoms with Crippen LogP contribution >= 0.6 is 0 Å². The van der Waals surface area contributed by atoms with Crippen LogP contribution < -0.4 is 0 Å². The maximum Gasteiger partial charge on any atom is 0.182 e. The van der Waals surface area contributed by atoms with Gasteiger partial charge in [-0.2, -0.15) is 0 Å². The highest BCUT2D eigenvalue weighted by Gasteiger charge is 2.38. The molecule has 3 heterocycles. The summed E-state index contributed by atoms with van der Waals surface area (Å²) < 4.78 is 28.6. The second-order valence-corrected chi connectivity index (χ2v) is 6.84. The summed E-state index contributed by atoms with van der Waals surface area (Å²) in [6, 6.07) is 7.04. The number of halogens is 2. The number of hydrogen-bond donors (Lipinski definition) is 1. The Kier molecular flexibility index (Phi) is 4.45. The second kappa shape index (κ2) is 6.79. The molecule has 8 heteroatoms. The molecule has 6 nitrogen and oxygen atoms in total. The zero-order chi connectivity index (χ0) is 19.0. The van der Waals surface area contributed by atoms with E-state index in [-0.39, 0.29) is 0 Å². The molecule has 3 aromatic rings. The van der Waals surface area contributed by atoms with E-state index >= 15 is 0 Å². The van der Waals surface area contributed by atoms with Gasteiger partial charge in [0, 0.05) is 37.1 Å². The Morgan fingerprint density at radius 1 is 1.04 bits per heavy atom. The third kappa shape index (κ3) is 3.33. The van der Waals surface area contributed by atoms with Gasteiger partial charge in [0.05, 0.1) is 5.69 Å². The average molecular weight is 371 g/mol. The number of aromatic nitrogens is 4. The van der Waals surface area contributed by atoms with Crippen LogP contribution in [0.25, 0.3) is 17.1 Å². The molecular formula is C19H19F2N5O. The lowest BCUT2D eigenvalue weighted by Gasteiger charge is -2.35. The van der Waals surface area contributed by atoms with Crippen LogP contribution in [-0.4, -0.2) is 49.9 Å². The summed E-state index contributed by atoms with van der Waals surface area (Å²) in [5.41, 5.74) is -0.163. The number of pyridine rings is 1. The average Bonchev–Trinajstić information content (AvgIpc) is 3.14. The number of benzene rings is 1. The van der Waals surface area contributed by atoms with Crippen molar-refractivity contribution in [3.63, 3.8) is 0 Å². The van der Waals surface area contributed by atoms with Gasteiger partial charge in [-0.25, -0.2) is 18.4 Å². The van der Waals surface area contributed by atoms with Crippen LogP contribution in [-0.2, 0) is 5.60 Å². The summed E-state index contributed by atoms with van der Waals surface area (Å²) in [7, 11) is 1.99. The Morgan fingerprint density at radius 2 is 1.74 bits per heavy atom. The van der Waals surface area contributed by atoms with Gasteiger partial charge in [0.15, 0.2) is 23.3 Å². The molecule has 4 rings (SSSR count). The molecule has 0 amide bonds. The molecule has 1 aromatic carbocycles. The molecule has 27 heavy (non-hydrogen) atoms. The normalized spacial score (nSPS) is 17.2. The molecule has 0 atom stereocenters. The first-order chi connectivity index (χ1) is 13.0. The Bertz CT molecular complexity index is 952. The van der Waals surface area contributed by atoms with E-state index in [2.05, 4.69) is 20.0 Å². The fraction of sp³-hybridized carbons (Fsp3) is 0.316. The van der Waals surface area contributed by atoms with Crippen molar-refractivity contribution in [2.24, 2.45) is 0 Å². The minimum atomic E-state index is -1.20. The van der Waals surface area contributed by atoms with Crippen LogP contribution in [0.5, 0.6) is 0 Å². The van der Waals surface area contributed by atoms with Crippen molar-refractivity contribution in [2.75, 3.05) is 20.1 Å². The molecular weight excluding hydrogens is 352 g/mol. The van der Waals surface area contributed by atoms with Gasteiger partial charge in [0.25, 0.3) is 0 Å². The molecule has 0 unspecified atom stereocenters. The Labute approximate surface area is 155 Å². The molecule has 1 aliphatic rings. The zero-order valence-electron chi connectivity index (χ0n) is 14.8. The lowest BCUT2D eigenvalue weighted by molar-refractivity contribution is -0.0292. The topological polar surface area (TPSA) is 67.1 Å². The van der Waals surface area contributed by atoms with Gasteiger partial charge in [-0.05, 0) is 44.2 Å². The minimum Gasteiger partial charge on any atom is -0.382 e. The molecule has 0 saturated carbocycles. The molecule has 140 valence electrons. The van der Waals surface area contributed by atoms with Crippen LogP contribution in [0.15, 0.2) is 42.7 Å². The Morgan fingerprint density at radius 3 is 2.41 bits per heavy atom. The van der Waals surface area contributed by atoms with Gasteiger partial charge in [0.2, 0.25) is 0 Å². The monoisotopic (exact) mass is 371 g/mol. The van der Waals surface area contributed by atoms with E-state index in [9.17, 15) is 13.9 Å². The van der Waals surface area contributed by atoms with Crippen LogP contribution in [0, 0.1) is 11.6 Å². The molecule has 1 N–H and O–H groups in total. The highest BCUT2D eigenvalue weighted by atomic mass is 19.2. The van der Waals surface area contributed by atoms with Gasteiger partial charge in [-0.15, -0.1) is 5.10 Å². The van der Waals surface area contributed by atoms with Gasteiger partial charge < -0.3 is 10.0 Å². The number of piperidine rings is 1. The predicted octanol–water partition coefficient (Wildman–Crippen LogP) is 2.52. The van der Waals surface area contributed by atoms with Crippen molar-refractivity contribution in [3.05, 3.63) is 60.2 Å². The molecule has 1 saturated heterocycles. The first kappa shape index (κ1) is 17.7. The largest absolute Gasteiger partial charge is 0.382 e. The van der Waals surface area contributed by atoms with Crippen molar-refractivity contribution in [1.82, 2.24) is 24.6 Å². The summed E-state index contributed by atoms with van der Waals surface area (Å²) in [6.07, 6.45) is 4.19. The molecule has 0 aliphatic carbocycles. The standard InChI is InChI=1S/C19H19F2N5O/c1-25-10-6-19(27,7-11-25)18-23-17(13-4-8-22-9-5-13)24-26(18)14-2-3-15(20)16(21)12-14/h2-5,8-9,12,27H,6-7,10-11H2,1H3. The van der Waals surface area contributed by atoms with E-state index in [1.165, 1.54) is 10.7 Å². The molecule has 1 fully saturated rings. The third-order valence-corrected chi connectivity index (χ3v) is 4.92. The first-order valence-electron chi connectivity index (χ1n) is 8.70. The fourth-order valence-electron chi connectivity index (χ4n) is 3.25. The van der Waals surface area contributed by atoms with Crippen molar-refractivity contribution >= 4 is 0 Å². The molecule has 0 radical (unpaired) electrons. The van der Waals surface area contributed by atoms with Crippen LogP contribution in [0.1, 0.15) is 18.7 Å². The van der Waals surface area contributed by atoms with E-state index in [1.807, 2.05) is 7.05 Å². The van der Waals surface area contributed by atoms with E-state index in [1.54, 1.807) is 24.5 Å². The summed E-state index contributed by atoms with van der Waals surface area (Å²) >= 11 is 0. The number of likely N-dealkylation sites (tertiary alicyclic amines) is 1.